The van der Waals surface area contributed by atoms with Crippen molar-refractivity contribution in [3.05, 3.63) is 65.1 Å². The Morgan fingerprint density at radius 1 is 0.545 bits per heavy atom. The molecule has 0 aliphatic rings. The lowest BCUT2D eigenvalue weighted by Gasteiger charge is -2.16. The van der Waals surface area contributed by atoms with E-state index in [2.05, 4.69) is 70.5 Å². The Labute approximate surface area is 137 Å². The predicted molar refractivity (Wildman–Crippen MR) is 101 cm³/mol. The van der Waals surface area contributed by atoms with Crippen molar-refractivity contribution in [2.24, 2.45) is 0 Å². The average molecular weight is 341 g/mol. The minimum absolute atomic E-state index is 0.841. The SMILES string of the molecule is [B]c1ccc2c3cccc4c(Br)ccc(c5cccc1c25)c43. The van der Waals surface area contributed by atoms with E-state index < -0.39 is 0 Å². The smallest absolute Gasteiger partial charge is 0.0889 e. The van der Waals surface area contributed by atoms with Crippen molar-refractivity contribution in [3.63, 3.8) is 0 Å². The van der Waals surface area contributed by atoms with E-state index in [1.807, 2.05) is 6.07 Å². The average Bonchev–Trinajstić information content (AvgIpc) is 2.55. The first-order valence-corrected chi connectivity index (χ1v) is 8.08. The minimum Gasteiger partial charge on any atom is -0.0889 e. The molecule has 0 N–H and O–H groups in total. The van der Waals surface area contributed by atoms with Crippen molar-refractivity contribution in [2.45, 2.75) is 0 Å². The Bertz CT molecular complexity index is 1070. The molecule has 0 amide bonds. The van der Waals surface area contributed by atoms with Gasteiger partial charge in [0.2, 0.25) is 0 Å². The molecule has 0 bridgehead atoms. The van der Waals surface area contributed by atoms with E-state index in [1.165, 1.54) is 37.7 Å². The second kappa shape index (κ2) is 4.24. The van der Waals surface area contributed by atoms with E-state index in [0.717, 1.165) is 15.3 Å². The highest BCUT2D eigenvalue weighted by Gasteiger charge is 2.13. The minimum atomic E-state index is 0.841. The van der Waals surface area contributed by atoms with Gasteiger partial charge in [-0.3, -0.25) is 0 Å². The number of hydrogen-bond acceptors (Lipinski definition) is 0. The third kappa shape index (κ3) is 1.43. The Morgan fingerprint density at radius 3 is 1.77 bits per heavy atom. The summed E-state index contributed by atoms with van der Waals surface area (Å²) in [6.45, 7) is 0. The van der Waals surface area contributed by atoms with Crippen LogP contribution < -0.4 is 5.46 Å². The molecular formula is C20H10BBr. The zero-order valence-electron chi connectivity index (χ0n) is 11.7. The fourth-order valence-corrected chi connectivity index (χ4v) is 4.16. The maximum absolute atomic E-state index is 6.21. The van der Waals surface area contributed by atoms with E-state index in [1.54, 1.807) is 0 Å². The summed E-state index contributed by atoms with van der Waals surface area (Å²) in [5.41, 5.74) is 0.841. The third-order valence-electron chi connectivity index (χ3n) is 4.64. The second-order valence-electron chi connectivity index (χ2n) is 5.75. The van der Waals surface area contributed by atoms with Crippen LogP contribution >= 0.6 is 15.9 Å². The van der Waals surface area contributed by atoms with Crippen molar-refractivity contribution >= 4 is 72.3 Å². The molecule has 0 unspecified atom stereocenters. The van der Waals surface area contributed by atoms with E-state index in [9.17, 15) is 0 Å². The standard InChI is InChI=1S/C20H10BBr/c21-17-9-7-13-12-4-2-6-16-18(22)10-8-14(20(12)16)11-3-1-5-15(17)19(11)13/h1-10H. The zero-order chi connectivity index (χ0) is 14.8. The quantitative estimate of drug-likeness (QED) is 0.204. The summed E-state index contributed by atoms with van der Waals surface area (Å²) in [7, 11) is 6.21. The van der Waals surface area contributed by atoms with Gasteiger partial charge in [-0.15, -0.1) is 0 Å². The van der Waals surface area contributed by atoms with Crippen LogP contribution in [-0.2, 0) is 0 Å². The van der Waals surface area contributed by atoms with E-state index >= 15 is 0 Å². The van der Waals surface area contributed by atoms with Gasteiger partial charge in [0.25, 0.3) is 0 Å². The van der Waals surface area contributed by atoms with Gasteiger partial charge in [-0.05, 0) is 49.2 Å². The lowest BCUT2D eigenvalue weighted by Crippen LogP contribution is -2.03. The highest BCUT2D eigenvalue weighted by atomic mass is 79.9. The normalized spacial score (nSPS) is 12.0. The molecule has 0 fully saturated rings. The molecule has 0 aromatic heterocycles. The summed E-state index contributed by atoms with van der Waals surface area (Å²) in [6, 6.07) is 21.4. The Morgan fingerprint density at radius 2 is 1.05 bits per heavy atom. The summed E-state index contributed by atoms with van der Waals surface area (Å²) >= 11 is 3.69. The first-order chi connectivity index (χ1) is 10.8. The Balaban J connectivity index is 2.28. The van der Waals surface area contributed by atoms with Gasteiger partial charge in [0.05, 0.1) is 0 Å². The van der Waals surface area contributed by atoms with Crippen LogP contribution in [0.15, 0.2) is 65.1 Å². The highest BCUT2D eigenvalue weighted by molar-refractivity contribution is 9.10. The van der Waals surface area contributed by atoms with Crippen LogP contribution in [0.4, 0.5) is 0 Å². The molecule has 5 aromatic rings. The number of hydrogen-bond donors (Lipinski definition) is 0. The lowest BCUT2D eigenvalue weighted by atomic mass is 9.84. The maximum atomic E-state index is 6.21. The Hall–Kier alpha value is -2.06. The van der Waals surface area contributed by atoms with Gasteiger partial charge in [-0.25, -0.2) is 0 Å². The van der Waals surface area contributed by atoms with Crippen molar-refractivity contribution in [1.29, 1.82) is 0 Å². The molecule has 0 saturated heterocycles. The third-order valence-corrected chi connectivity index (χ3v) is 5.33. The molecule has 0 heterocycles. The highest BCUT2D eigenvalue weighted by Crippen LogP contribution is 2.41. The zero-order valence-corrected chi connectivity index (χ0v) is 13.3. The van der Waals surface area contributed by atoms with Crippen molar-refractivity contribution in [1.82, 2.24) is 0 Å². The van der Waals surface area contributed by atoms with Gasteiger partial charge in [-0.2, -0.15) is 0 Å². The molecule has 0 aliphatic carbocycles. The molecular weight excluding hydrogens is 331 g/mol. The van der Waals surface area contributed by atoms with Gasteiger partial charge in [0.15, 0.2) is 0 Å². The first-order valence-electron chi connectivity index (χ1n) is 7.29. The summed E-state index contributed by atoms with van der Waals surface area (Å²) in [5, 5.41) is 10.1. The molecule has 0 saturated carbocycles. The number of fused-ring (bicyclic) bond motifs is 2. The van der Waals surface area contributed by atoms with Crippen LogP contribution in [-0.4, -0.2) is 7.85 Å². The topological polar surface area (TPSA) is 0 Å². The van der Waals surface area contributed by atoms with Crippen LogP contribution in [0.2, 0.25) is 0 Å². The molecule has 2 heteroatoms. The van der Waals surface area contributed by atoms with E-state index in [0.29, 0.717) is 0 Å². The van der Waals surface area contributed by atoms with E-state index in [4.69, 9.17) is 7.85 Å². The molecule has 5 aromatic carbocycles. The van der Waals surface area contributed by atoms with Crippen molar-refractivity contribution in [2.75, 3.05) is 0 Å². The van der Waals surface area contributed by atoms with Crippen LogP contribution in [0.1, 0.15) is 0 Å². The molecule has 0 nitrogen and oxygen atoms in total. The molecule has 5 rings (SSSR count). The van der Waals surface area contributed by atoms with Gasteiger partial charge >= 0.3 is 0 Å². The molecule has 0 spiro atoms. The van der Waals surface area contributed by atoms with Gasteiger partial charge in [-0.1, -0.05) is 76.0 Å². The summed E-state index contributed by atoms with van der Waals surface area (Å²) in [6.07, 6.45) is 0. The largest absolute Gasteiger partial charge is 0.114 e. The van der Waals surface area contributed by atoms with Crippen LogP contribution in [0.25, 0.3) is 43.1 Å². The number of rotatable bonds is 0. The molecule has 0 aliphatic heterocycles. The molecule has 22 heavy (non-hydrogen) atoms. The summed E-state index contributed by atoms with van der Waals surface area (Å²) in [5.74, 6) is 0. The molecule has 0 atom stereocenters. The van der Waals surface area contributed by atoms with Crippen LogP contribution in [0.3, 0.4) is 0 Å². The molecule has 100 valence electrons. The van der Waals surface area contributed by atoms with Gasteiger partial charge in [0.1, 0.15) is 7.85 Å². The first kappa shape index (κ1) is 12.5. The van der Waals surface area contributed by atoms with Gasteiger partial charge < -0.3 is 0 Å². The summed E-state index contributed by atoms with van der Waals surface area (Å²) in [4.78, 5) is 0. The number of halogens is 1. The van der Waals surface area contributed by atoms with Gasteiger partial charge in [0, 0.05) is 4.47 Å². The van der Waals surface area contributed by atoms with Crippen molar-refractivity contribution < 1.29 is 0 Å². The second-order valence-corrected chi connectivity index (χ2v) is 6.61. The predicted octanol–water partition coefficient (Wildman–Crippen LogP) is 5.29. The Kier molecular flexibility index (Phi) is 2.40. The fraction of sp³-hybridized carbons (Fsp3) is 0. The van der Waals surface area contributed by atoms with E-state index in [-0.39, 0.29) is 0 Å². The summed E-state index contributed by atoms with van der Waals surface area (Å²) < 4.78 is 1.14. The van der Waals surface area contributed by atoms with Crippen LogP contribution in [0.5, 0.6) is 0 Å². The monoisotopic (exact) mass is 340 g/mol. The maximum Gasteiger partial charge on any atom is 0.114 e. The fourth-order valence-electron chi connectivity index (χ4n) is 3.70. The lowest BCUT2D eigenvalue weighted by molar-refractivity contribution is 1.76. The van der Waals surface area contributed by atoms with Crippen molar-refractivity contribution in [3.8, 4) is 0 Å². The van der Waals surface area contributed by atoms with Crippen LogP contribution in [0, 0.1) is 0 Å². The molecule has 2 radical (unpaired) electrons. The number of benzene rings is 5.